The lowest BCUT2D eigenvalue weighted by molar-refractivity contribution is -0.138. The van der Waals surface area contributed by atoms with Crippen LogP contribution in [-0.2, 0) is 4.79 Å². The first-order valence-corrected chi connectivity index (χ1v) is 8.97. The van der Waals surface area contributed by atoms with E-state index in [1.807, 2.05) is 13.0 Å². The fourth-order valence-electron chi connectivity index (χ4n) is 4.06. The van der Waals surface area contributed by atoms with Gasteiger partial charge in [-0.15, -0.1) is 5.10 Å². The van der Waals surface area contributed by atoms with Gasteiger partial charge in [0.15, 0.2) is 5.82 Å². The fourth-order valence-corrected chi connectivity index (χ4v) is 4.06. The highest BCUT2D eigenvalue weighted by atomic mass is 16.2. The van der Waals surface area contributed by atoms with Crippen molar-refractivity contribution in [2.24, 2.45) is 11.3 Å². The van der Waals surface area contributed by atoms with Crippen molar-refractivity contribution in [1.29, 1.82) is 0 Å². The van der Waals surface area contributed by atoms with Gasteiger partial charge in [0.1, 0.15) is 0 Å². The van der Waals surface area contributed by atoms with Crippen LogP contribution in [-0.4, -0.2) is 47.2 Å². The van der Waals surface area contributed by atoms with E-state index in [-0.39, 0.29) is 0 Å². The Kier molecular flexibility index (Phi) is 3.74. The molecule has 2 aliphatic heterocycles. The summed E-state index contributed by atoms with van der Waals surface area (Å²) in [4.78, 5) is 16.7. The quantitative estimate of drug-likeness (QED) is 0.859. The van der Waals surface area contributed by atoms with Crippen LogP contribution in [0.1, 0.15) is 44.2 Å². The number of anilines is 1. The molecule has 3 aliphatic rings. The highest BCUT2D eigenvalue weighted by molar-refractivity contribution is 5.77. The SMILES string of the molecule is Cc1ccc(N2CCC3(CCC(=O)N(CC4CC4)C3)CC2)nn1. The molecule has 5 nitrogen and oxygen atoms in total. The number of hydrogen-bond acceptors (Lipinski definition) is 4. The van der Waals surface area contributed by atoms with E-state index in [1.165, 1.54) is 12.8 Å². The van der Waals surface area contributed by atoms with E-state index >= 15 is 0 Å². The molecule has 1 amide bonds. The van der Waals surface area contributed by atoms with E-state index in [0.717, 1.165) is 69.3 Å². The summed E-state index contributed by atoms with van der Waals surface area (Å²) < 4.78 is 0. The van der Waals surface area contributed by atoms with Crippen LogP contribution in [0.4, 0.5) is 5.82 Å². The summed E-state index contributed by atoms with van der Waals surface area (Å²) in [5, 5.41) is 8.50. The molecule has 23 heavy (non-hydrogen) atoms. The number of amides is 1. The Morgan fingerprint density at radius 1 is 1.17 bits per heavy atom. The Morgan fingerprint density at radius 3 is 2.61 bits per heavy atom. The number of carbonyl (C=O) groups excluding carboxylic acids is 1. The van der Waals surface area contributed by atoms with Gasteiger partial charge in [-0.2, -0.15) is 5.10 Å². The molecule has 4 rings (SSSR count). The first kappa shape index (κ1) is 14.9. The Hall–Kier alpha value is -1.65. The van der Waals surface area contributed by atoms with Gasteiger partial charge < -0.3 is 9.80 Å². The Morgan fingerprint density at radius 2 is 1.96 bits per heavy atom. The molecular formula is C18H26N4O. The van der Waals surface area contributed by atoms with Gasteiger partial charge in [-0.25, -0.2) is 0 Å². The molecule has 0 aromatic carbocycles. The lowest BCUT2D eigenvalue weighted by atomic mass is 9.72. The second-order valence-electron chi connectivity index (χ2n) is 7.74. The Bertz CT molecular complexity index is 573. The monoisotopic (exact) mass is 314 g/mol. The molecule has 0 radical (unpaired) electrons. The van der Waals surface area contributed by atoms with Gasteiger partial charge in [0.05, 0.1) is 5.69 Å². The molecular weight excluding hydrogens is 288 g/mol. The standard InChI is InChI=1S/C18H26N4O/c1-14-2-5-16(20-19-14)21-10-8-18(9-11-21)7-6-17(23)22(13-18)12-15-3-4-15/h2,5,15H,3-4,6-13H2,1H3. The molecule has 5 heteroatoms. The molecule has 0 unspecified atom stereocenters. The predicted molar refractivity (Wildman–Crippen MR) is 89.2 cm³/mol. The summed E-state index contributed by atoms with van der Waals surface area (Å²) in [5.41, 5.74) is 1.31. The summed E-state index contributed by atoms with van der Waals surface area (Å²) in [5.74, 6) is 2.17. The number of nitrogens with zero attached hydrogens (tertiary/aromatic N) is 4. The van der Waals surface area contributed by atoms with Gasteiger partial charge >= 0.3 is 0 Å². The lowest BCUT2D eigenvalue weighted by Crippen LogP contribution is -2.52. The maximum Gasteiger partial charge on any atom is 0.222 e. The van der Waals surface area contributed by atoms with Gasteiger partial charge in [-0.1, -0.05) is 0 Å². The summed E-state index contributed by atoms with van der Waals surface area (Å²) in [7, 11) is 0. The van der Waals surface area contributed by atoms with E-state index in [1.54, 1.807) is 0 Å². The van der Waals surface area contributed by atoms with Crippen LogP contribution >= 0.6 is 0 Å². The van der Waals surface area contributed by atoms with Crippen LogP contribution in [0.2, 0.25) is 0 Å². The molecule has 124 valence electrons. The normalized spacial score (nSPS) is 24.3. The molecule has 0 bridgehead atoms. The average Bonchev–Trinajstić information content (AvgIpc) is 3.37. The van der Waals surface area contributed by atoms with Crippen LogP contribution in [0.3, 0.4) is 0 Å². The number of rotatable bonds is 3. The molecule has 1 spiro atoms. The zero-order valence-corrected chi connectivity index (χ0v) is 14.0. The third-order valence-electron chi connectivity index (χ3n) is 5.86. The van der Waals surface area contributed by atoms with Crippen molar-refractivity contribution in [2.75, 3.05) is 31.1 Å². The first-order chi connectivity index (χ1) is 11.1. The van der Waals surface area contributed by atoms with Crippen LogP contribution in [0.15, 0.2) is 12.1 Å². The minimum absolute atomic E-state index is 0.345. The largest absolute Gasteiger partial charge is 0.355 e. The summed E-state index contributed by atoms with van der Waals surface area (Å²) in [6, 6.07) is 4.10. The van der Waals surface area contributed by atoms with Crippen LogP contribution in [0, 0.1) is 18.3 Å². The van der Waals surface area contributed by atoms with E-state index < -0.39 is 0 Å². The molecule has 2 saturated heterocycles. The van der Waals surface area contributed by atoms with Crippen molar-refractivity contribution >= 4 is 11.7 Å². The summed E-state index contributed by atoms with van der Waals surface area (Å²) in [6.45, 7) is 6.02. The average molecular weight is 314 g/mol. The first-order valence-electron chi connectivity index (χ1n) is 8.97. The van der Waals surface area contributed by atoms with Gasteiger partial charge in [0, 0.05) is 32.6 Å². The third-order valence-corrected chi connectivity index (χ3v) is 5.86. The van der Waals surface area contributed by atoms with Crippen molar-refractivity contribution < 1.29 is 4.79 Å². The lowest BCUT2D eigenvalue weighted by Gasteiger charge is -2.47. The molecule has 1 aromatic rings. The molecule has 0 N–H and O–H groups in total. The topological polar surface area (TPSA) is 49.3 Å². The second kappa shape index (κ2) is 5.77. The van der Waals surface area contributed by atoms with E-state index in [2.05, 4.69) is 26.1 Å². The van der Waals surface area contributed by atoms with E-state index in [9.17, 15) is 4.79 Å². The van der Waals surface area contributed by atoms with Gasteiger partial charge in [-0.3, -0.25) is 4.79 Å². The smallest absolute Gasteiger partial charge is 0.222 e. The van der Waals surface area contributed by atoms with Crippen molar-refractivity contribution in [2.45, 2.75) is 45.4 Å². The number of aryl methyl sites for hydroxylation is 1. The maximum atomic E-state index is 12.2. The van der Waals surface area contributed by atoms with Gasteiger partial charge in [-0.05, 0) is 62.5 Å². The molecule has 1 aliphatic carbocycles. The van der Waals surface area contributed by atoms with Crippen LogP contribution in [0.5, 0.6) is 0 Å². The number of piperidine rings is 2. The van der Waals surface area contributed by atoms with E-state index in [4.69, 9.17) is 0 Å². The number of carbonyl (C=O) groups is 1. The Balaban J connectivity index is 1.39. The van der Waals surface area contributed by atoms with Crippen molar-refractivity contribution in [1.82, 2.24) is 15.1 Å². The summed E-state index contributed by atoms with van der Waals surface area (Å²) in [6.07, 6.45) is 6.78. The molecule has 0 atom stereocenters. The van der Waals surface area contributed by atoms with Gasteiger partial charge in [0.25, 0.3) is 0 Å². The fraction of sp³-hybridized carbons (Fsp3) is 0.722. The number of likely N-dealkylation sites (tertiary alicyclic amines) is 1. The molecule has 1 saturated carbocycles. The summed E-state index contributed by atoms with van der Waals surface area (Å²) >= 11 is 0. The minimum atomic E-state index is 0.345. The minimum Gasteiger partial charge on any atom is -0.355 e. The highest BCUT2D eigenvalue weighted by Crippen LogP contribution is 2.42. The highest BCUT2D eigenvalue weighted by Gasteiger charge is 2.42. The number of aromatic nitrogens is 2. The maximum absolute atomic E-state index is 12.2. The second-order valence-corrected chi connectivity index (χ2v) is 7.74. The molecule has 3 fully saturated rings. The van der Waals surface area contributed by atoms with Crippen LogP contribution in [0.25, 0.3) is 0 Å². The third kappa shape index (κ3) is 3.19. The molecule has 1 aromatic heterocycles. The zero-order chi connectivity index (χ0) is 15.9. The van der Waals surface area contributed by atoms with Gasteiger partial charge in [0.2, 0.25) is 5.91 Å². The van der Waals surface area contributed by atoms with Crippen molar-refractivity contribution in [3.63, 3.8) is 0 Å². The molecule has 3 heterocycles. The zero-order valence-electron chi connectivity index (χ0n) is 14.0. The number of hydrogen-bond donors (Lipinski definition) is 0. The van der Waals surface area contributed by atoms with E-state index in [0.29, 0.717) is 11.3 Å². The van der Waals surface area contributed by atoms with Crippen LogP contribution < -0.4 is 4.90 Å². The predicted octanol–water partition coefficient (Wildman–Crippen LogP) is 2.40. The van der Waals surface area contributed by atoms with Crippen molar-refractivity contribution in [3.05, 3.63) is 17.8 Å². The Labute approximate surface area is 138 Å². The van der Waals surface area contributed by atoms with Crippen molar-refractivity contribution in [3.8, 4) is 0 Å².